The SMILES string of the molecule is CC(C)NC(=O)NC(=O)[C@H](C)Sc1nnc(-c2cccc(Br)c2)o1. The fourth-order valence-corrected chi connectivity index (χ4v) is 2.79. The van der Waals surface area contributed by atoms with Crippen molar-refractivity contribution in [3.63, 3.8) is 0 Å². The van der Waals surface area contributed by atoms with E-state index in [9.17, 15) is 9.59 Å². The molecule has 0 saturated heterocycles. The maximum atomic E-state index is 12.0. The summed E-state index contributed by atoms with van der Waals surface area (Å²) < 4.78 is 6.45. The third-order valence-corrected chi connectivity index (χ3v) is 4.21. The largest absolute Gasteiger partial charge is 0.411 e. The molecule has 24 heavy (non-hydrogen) atoms. The van der Waals surface area contributed by atoms with Crippen LogP contribution in [0.15, 0.2) is 38.4 Å². The topological polar surface area (TPSA) is 97.1 Å². The zero-order chi connectivity index (χ0) is 17.7. The van der Waals surface area contributed by atoms with Gasteiger partial charge in [0.2, 0.25) is 11.8 Å². The molecule has 0 bridgehead atoms. The van der Waals surface area contributed by atoms with Crippen LogP contribution in [0.1, 0.15) is 20.8 Å². The van der Waals surface area contributed by atoms with E-state index in [1.54, 1.807) is 6.92 Å². The third kappa shape index (κ3) is 5.34. The molecular weight excluding hydrogens is 396 g/mol. The molecule has 0 radical (unpaired) electrons. The van der Waals surface area contributed by atoms with Crippen molar-refractivity contribution in [3.05, 3.63) is 28.7 Å². The number of nitrogens with one attached hydrogen (secondary N) is 2. The van der Waals surface area contributed by atoms with Crippen molar-refractivity contribution in [2.45, 2.75) is 37.3 Å². The van der Waals surface area contributed by atoms with Crippen LogP contribution in [0.4, 0.5) is 4.79 Å². The van der Waals surface area contributed by atoms with Gasteiger partial charge in [-0.1, -0.05) is 33.8 Å². The summed E-state index contributed by atoms with van der Waals surface area (Å²) in [5.41, 5.74) is 0.775. The van der Waals surface area contributed by atoms with Crippen LogP contribution in [0.3, 0.4) is 0 Å². The number of amides is 3. The van der Waals surface area contributed by atoms with Crippen molar-refractivity contribution in [2.75, 3.05) is 0 Å². The number of urea groups is 1. The number of nitrogens with zero attached hydrogens (tertiary/aromatic N) is 2. The molecule has 0 aliphatic rings. The number of carbonyl (C=O) groups excluding carboxylic acids is 2. The van der Waals surface area contributed by atoms with E-state index in [0.717, 1.165) is 21.8 Å². The molecule has 1 atom stereocenters. The van der Waals surface area contributed by atoms with Gasteiger partial charge in [-0.05, 0) is 39.0 Å². The Labute approximate surface area is 152 Å². The van der Waals surface area contributed by atoms with Crippen molar-refractivity contribution in [2.24, 2.45) is 0 Å². The first-order valence-corrected chi connectivity index (χ1v) is 8.90. The Morgan fingerprint density at radius 2 is 2.00 bits per heavy atom. The molecule has 9 heteroatoms. The summed E-state index contributed by atoms with van der Waals surface area (Å²) in [7, 11) is 0. The van der Waals surface area contributed by atoms with Gasteiger partial charge >= 0.3 is 6.03 Å². The standard InChI is InChI=1S/C15H17BrN4O3S/c1-8(2)17-14(22)18-12(21)9(3)24-15-20-19-13(23-15)10-5-4-6-11(16)7-10/h4-9H,1-3H3,(H2,17,18,21,22)/t9-/m0/s1. The van der Waals surface area contributed by atoms with Crippen molar-refractivity contribution < 1.29 is 14.0 Å². The Hall–Kier alpha value is -1.87. The summed E-state index contributed by atoms with van der Waals surface area (Å²) in [6.45, 7) is 5.28. The van der Waals surface area contributed by atoms with Gasteiger partial charge in [-0.25, -0.2) is 4.79 Å². The monoisotopic (exact) mass is 412 g/mol. The Morgan fingerprint density at radius 3 is 2.67 bits per heavy atom. The molecule has 3 amide bonds. The minimum atomic E-state index is -0.557. The highest BCUT2D eigenvalue weighted by Crippen LogP contribution is 2.27. The number of hydrogen-bond acceptors (Lipinski definition) is 6. The van der Waals surface area contributed by atoms with Gasteiger partial charge in [0, 0.05) is 16.1 Å². The van der Waals surface area contributed by atoms with Crippen LogP contribution in [0.5, 0.6) is 0 Å². The highest BCUT2D eigenvalue weighted by molar-refractivity contribution is 9.10. The van der Waals surface area contributed by atoms with Crippen molar-refractivity contribution >= 4 is 39.6 Å². The fourth-order valence-electron chi connectivity index (χ4n) is 1.71. The third-order valence-electron chi connectivity index (χ3n) is 2.78. The molecule has 7 nitrogen and oxygen atoms in total. The second-order valence-corrected chi connectivity index (χ2v) is 7.47. The van der Waals surface area contributed by atoms with Crippen LogP contribution in [-0.2, 0) is 4.79 Å². The van der Waals surface area contributed by atoms with Crippen molar-refractivity contribution in [3.8, 4) is 11.5 Å². The molecule has 2 N–H and O–H groups in total. The highest BCUT2D eigenvalue weighted by Gasteiger charge is 2.20. The van der Waals surface area contributed by atoms with Crippen LogP contribution >= 0.6 is 27.7 Å². The molecule has 0 unspecified atom stereocenters. The molecule has 0 aliphatic heterocycles. The quantitative estimate of drug-likeness (QED) is 0.731. The van der Waals surface area contributed by atoms with Crippen LogP contribution in [0, 0.1) is 0 Å². The van der Waals surface area contributed by atoms with Gasteiger partial charge in [-0.2, -0.15) is 0 Å². The summed E-state index contributed by atoms with van der Waals surface area (Å²) in [5.74, 6) is -0.0654. The van der Waals surface area contributed by atoms with E-state index >= 15 is 0 Å². The minimum absolute atomic E-state index is 0.0514. The van der Waals surface area contributed by atoms with Gasteiger partial charge < -0.3 is 9.73 Å². The molecule has 0 aliphatic carbocycles. The molecule has 0 spiro atoms. The zero-order valence-corrected chi connectivity index (χ0v) is 15.8. The van der Waals surface area contributed by atoms with E-state index in [4.69, 9.17) is 4.42 Å². The zero-order valence-electron chi connectivity index (χ0n) is 13.4. The maximum absolute atomic E-state index is 12.0. The van der Waals surface area contributed by atoms with E-state index in [1.165, 1.54) is 0 Å². The second-order valence-electron chi connectivity index (χ2n) is 5.26. The number of aromatic nitrogens is 2. The number of halogens is 1. The number of imide groups is 1. The van der Waals surface area contributed by atoms with E-state index in [2.05, 4.69) is 36.8 Å². The second kappa shape index (κ2) is 8.29. The molecule has 0 saturated carbocycles. The van der Waals surface area contributed by atoms with Crippen LogP contribution < -0.4 is 10.6 Å². The summed E-state index contributed by atoms with van der Waals surface area (Å²) >= 11 is 4.47. The molecule has 0 fully saturated rings. The van der Waals surface area contributed by atoms with Crippen molar-refractivity contribution in [1.82, 2.24) is 20.8 Å². The molecule has 1 aromatic heterocycles. The molecular formula is C15H17BrN4O3S. The maximum Gasteiger partial charge on any atom is 0.321 e. The van der Waals surface area contributed by atoms with Gasteiger partial charge in [-0.3, -0.25) is 10.1 Å². The predicted molar refractivity (Wildman–Crippen MR) is 94.6 cm³/mol. The van der Waals surface area contributed by atoms with E-state index in [1.807, 2.05) is 38.1 Å². The number of hydrogen-bond donors (Lipinski definition) is 2. The van der Waals surface area contributed by atoms with E-state index in [-0.39, 0.29) is 11.3 Å². The van der Waals surface area contributed by atoms with Crippen molar-refractivity contribution in [1.29, 1.82) is 0 Å². The Balaban J connectivity index is 1.96. The average molecular weight is 413 g/mol. The lowest BCUT2D eigenvalue weighted by atomic mass is 10.2. The first-order chi connectivity index (χ1) is 11.3. The molecule has 2 aromatic rings. The first kappa shape index (κ1) is 18.5. The number of thioether (sulfide) groups is 1. The Morgan fingerprint density at radius 1 is 1.25 bits per heavy atom. The van der Waals surface area contributed by atoms with Gasteiger partial charge in [-0.15, -0.1) is 10.2 Å². The summed E-state index contributed by atoms with van der Waals surface area (Å²) in [6.07, 6.45) is 0. The van der Waals surface area contributed by atoms with Crippen LogP contribution in [-0.4, -0.2) is 33.4 Å². The molecule has 1 aromatic carbocycles. The number of rotatable bonds is 5. The molecule has 1 heterocycles. The van der Waals surface area contributed by atoms with Gasteiger partial charge in [0.25, 0.3) is 5.22 Å². The first-order valence-electron chi connectivity index (χ1n) is 7.22. The number of carbonyl (C=O) groups is 2. The summed E-state index contributed by atoms with van der Waals surface area (Å²) in [4.78, 5) is 23.5. The lowest BCUT2D eigenvalue weighted by Gasteiger charge is -2.11. The van der Waals surface area contributed by atoms with Gasteiger partial charge in [0.05, 0.1) is 5.25 Å². The number of benzene rings is 1. The summed E-state index contributed by atoms with van der Waals surface area (Å²) in [6, 6.07) is 6.88. The van der Waals surface area contributed by atoms with Gasteiger partial charge in [0.15, 0.2) is 0 Å². The van der Waals surface area contributed by atoms with Crippen LogP contribution in [0.25, 0.3) is 11.5 Å². The predicted octanol–water partition coefficient (Wildman–Crippen LogP) is 3.21. The van der Waals surface area contributed by atoms with E-state index < -0.39 is 17.2 Å². The average Bonchev–Trinajstić information content (AvgIpc) is 2.94. The smallest absolute Gasteiger partial charge is 0.321 e. The van der Waals surface area contributed by atoms with Crippen LogP contribution in [0.2, 0.25) is 0 Å². The van der Waals surface area contributed by atoms with Gasteiger partial charge in [0.1, 0.15) is 0 Å². The van der Waals surface area contributed by atoms with E-state index in [0.29, 0.717) is 5.89 Å². The normalized spacial score (nSPS) is 12.0. The molecule has 2 rings (SSSR count). The molecule has 128 valence electrons. The summed E-state index contributed by atoms with van der Waals surface area (Å²) in [5, 5.41) is 12.5. The Bertz CT molecular complexity index is 735. The Kier molecular flexibility index (Phi) is 6.38. The lowest BCUT2D eigenvalue weighted by molar-refractivity contribution is -0.119. The lowest BCUT2D eigenvalue weighted by Crippen LogP contribution is -2.45. The fraction of sp³-hybridized carbons (Fsp3) is 0.333. The highest BCUT2D eigenvalue weighted by atomic mass is 79.9. The minimum Gasteiger partial charge on any atom is -0.411 e.